The van der Waals surface area contributed by atoms with Crippen LogP contribution in [0.3, 0.4) is 0 Å². The molecule has 1 unspecified atom stereocenters. The van der Waals surface area contributed by atoms with Gasteiger partial charge in [0, 0.05) is 19.2 Å². The van der Waals surface area contributed by atoms with Crippen molar-refractivity contribution >= 4 is 17.5 Å². The number of nitrogens with one attached hydrogen (secondary N) is 2. The molecule has 2 N–H and O–H groups in total. The quantitative estimate of drug-likeness (QED) is 0.689. The maximum atomic E-state index is 13.4. The Balaban J connectivity index is 1.66. The molecule has 0 saturated carbocycles. The molecule has 142 valence electrons. The number of likely N-dealkylation sites (N-methyl/N-ethyl adjacent to an activating group) is 1. The molecule has 0 radical (unpaired) electrons. The summed E-state index contributed by atoms with van der Waals surface area (Å²) in [5, 5.41) is 9.34. The lowest BCUT2D eigenvalue weighted by molar-refractivity contribution is -0.129. The number of aromatic nitrogens is 3. The molecule has 0 fully saturated rings. The molecule has 28 heavy (non-hydrogen) atoms. The molecule has 2 aromatic carbocycles. The summed E-state index contributed by atoms with van der Waals surface area (Å²) in [4.78, 5) is 31.8. The van der Waals surface area contributed by atoms with Gasteiger partial charge in [-0.1, -0.05) is 48.5 Å². The van der Waals surface area contributed by atoms with Crippen molar-refractivity contribution in [2.45, 2.75) is 24.8 Å². The summed E-state index contributed by atoms with van der Waals surface area (Å²) in [5.41, 5.74) is 1.83. The number of amides is 2. The number of benzene rings is 2. The van der Waals surface area contributed by atoms with Crippen molar-refractivity contribution in [2.24, 2.45) is 0 Å². The van der Waals surface area contributed by atoms with Crippen molar-refractivity contribution in [3.63, 3.8) is 0 Å². The van der Waals surface area contributed by atoms with E-state index in [1.807, 2.05) is 54.6 Å². The van der Waals surface area contributed by atoms with Gasteiger partial charge in [-0.3, -0.25) is 14.7 Å². The third-order valence-corrected chi connectivity index (χ3v) is 5.22. The van der Waals surface area contributed by atoms with Crippen LogP contribution in [0.5, 0.6) is 0 Å². The summed E-state index contributed by atoms with van der Waals surface area (Å²) in [6.07, 6.45) is 1.92. The Hall–Kier alpha value is -3.48. The zero-order valence-corrected chi connectivity index (χ0v) is 15.6. The maximum Gasteiger partial charge on any atom is 0.238 e. The Labute approximate surface area is 162 Å². The fraction of sp³-hybridized carbons (Fsp3) is 0.238. The zero-order valence-electron chi connectivity index (χ0n) is 15.6. The fourth-order valence-corrected chi connectivity index (χ4v) is 3.90. The molecule has 1 atom stereocenters. The highest BCUT2D eigenvalue weighted by Crippen LogP contribution is 2.45. The van der Waals surface area contributed by atoms with Gasteiger partial charge in [0.15, 0.2) is 0 Å². The van der Waals surface area contributed by atoms with Gasteiger partial charge in [0.25, 0.3) is 0 Å². The minimum absolute atomic E-state index is 0.0626. The summed E-state index contributed by atoms with van der Waals surface area (Å²) in [6, 6.07) is 17.5. The first-order chi connectivity index (χ1) is 13.6. The largest absolute Gasteiger partial charge is 0.349 e. The number of hydrogen-bond acceptors (Lipinski definition) is 4. The van der Waals surface area contributed by atoms with Crippen molar-refractivity contribution < 1.29 is 9.59 Å². The van der Waals surface area contributed by atoms with Crippen LogP contribution in [-0.2, 0) is 28.0 Å². The number of hydrogen-bond donors (Lipinski definition) is 2. The number of anilines is 1. The van der Waals surface area contributed by atoms with Crippen LogP contribution >= 0.6 is 0 Å². The van der Waals surface area contributed by atoms with Gasteiger partial charge in [-0.2, -0.15) is 5.10 Å². The molecule has 1 aliphatic heterocycles. The molecule has 7 heteroatoms. The smallest absolute Gasteiger partial charge is 0.238 e. The van der Waals surface area contributed by atoms with E-state index in [4.69, 9.17) is 0 Å². The molecule has 2 amide bonds. The second-order valence-corrected chi connectivity index (χ2v) is 7.01. The number of carbonyl (C=O) groups is 2. The van der Waals surface area contributed by atoms with Gasteiger partial charge >= 0.3 is 0 Å². The molecule has 2 heterocycles. The lowest BCUT2D eigenvalue weighted by Crippen LogP contribution is -2.44. The second kappa shape index (κ2) is 7.26. The zero-order chi connectivity index (χ0) is 19.6. The van der Waals surface area contributed by atoms with Gasteiger partial charge in [-0.15, -0.1) is 0 Å². The first kappa shape index (κ1) is 17.9. The number of fused-ring (bicyclic) bond motifs is 1. The first-order valence-corrected chi connectivity index (χ1v) is 9.13. The summed E-state index contributed by atoms with van der Waals surface area (Å²) in [6.45, 7) is 0.242. The van der Waals surface area contributed by atoms with Gasteiger partial charge in [0.1, 0.15) is 12.2 Å². The Morgan fingerprint density at radius 2 is 1.89 bits per heavy atom. The van der Waals surface area contributed by atoms with E-state index in [0.717, 1.165) is 16.8 Å². The summed E-state index contributed by atoms with van der Waals surface area (Å²) >= 11 is 0. The van der Waals surface area contributed by atoms with Crippen LogP contribution in [0.4, 0.5) is 5.69 Å². The van der Waals surface area contributed by atoms with Crippen molar-refractivity contribution in [1.82, 2.24) is 20.5 Å². The number of carbonyl (C=O) groups excluding carboxylic acids is 2. The van der Waals surface area contributed by atoms with Gasteiger partial charge in [-0.25, -0.2) is 4.98 Å². The number of rotatable bonds is 6. The number of aromatic amines is 1. The van der Waals surface area contributed by atoms with E-state index >= 15 is 0 Å². The normalized spacial score (nSPS) is 18.2. The number of H-pyrrole nitrogens is 1. The molecule has 3 aromatic rings. The fourth-order valence-electron chi connectivity index (χ4n) is 3.90. The van der Waals surface area contributed by atoms with Crippen LogP contribution in [0.2, 0.25) is 0 Å². The third kappa shape index (κ3) is 3.15. The van der Waals surface area contributed by atoms with E-state index in [0.29, 0.717) is 12.2 Å². The van der Waals surface area contributed by atoms with Gasteiger partial charge < -0.3 is 10.2 Å². The van der Waals surface area contributed by atoms with E-state index in [1.165, 1.54) is 6.33 Å². The Morgan fingerprint density at radius 1 is 1.14 bits per heavy atom. The van der Waals surface area contributed by atoms with Crippen LogP contribution in [0.1, 0.15) is 23.4 Å². The van der Waals surface area contributed by atoms with Crippen LogP contribution < -0.4 is 10.2 Å². The minimum atomic E-state index is -0.932. The van der Waals surface area contributed by atoms with Gasteiger partial charge in [0.2, 0.25) is 11.8 Å². The predicted molar refractivity (Wildman–Crippen MR) is 105 cm³/mol. The Bertz CT molecular complexity index is 987. The van der Waals surface area contributed by atoms with E-state index in [9.17, 15) is 9.59 Å². The number of nitrogens with zero attached hydrogens (tertiary/aromatic N) is 3. The minimum Gasteiger partial charge on any atom is -0.349 e. The molecule has 7 nitrogen and oxygen atoms in total. The maximum absolute atomic E-state index is 13.4. The van der Waals surface area contributed by atoms with E-state index in [2.05, 4.69) is 20.5 Å². The van der Waals surface area contributed by atoms with Crippen molar-refractivity contribution in [1.29, 1.82) is 0 Å². The third-order valence-electron chi connectivity index (χ3n) is 5.22. The molecule has 0 aliphatic carbocycles. The topological polar surface area (TPSA) is 91.0 Å². The van der Waals surface area contributed by atoms with Crippen LogP contribution in [0, 0.1) is 0 Å². The lowest BCUT2D eigenvalue weighted by atomic mass is 9.73. The highest BCUT2D eigenvalue weighted by Gasteiger charge is 2.50. The Morgan fingerprint density at radius 3 is 2.64 bits per heavy atom. The van der Waals surface area contributed by atoms with Crippen molar-refractivity contribution in [3.05, 3.63) is 77.9 Å². The van der Waals surface area contributed by atoms with Gasteiger partial charge in [-0.05, 0) is 23.6 Å². The highest BCUT2D eigenvalue weighted by atomic mass is 16.2. The van der Waals surface area contributed by atoms with Crippen LogP contribution in [0.15, 0.2) is 60.9 Å². The summed E-state index contributed by atoms with van der Waals surface area (Å²) < 4.78 is 0. The molecule has 0 bridgehead atoms. The molecular formula is C21H21N5O2. The van der Waals surface area contributed by atoms with Crippen LogP contribution in [0.25, 0.3) is 0 Å². The van der Waals surface area contributed by atoms with E-state index in [1.54, 1.807) is 11.9 Å². The average molecular weight is 375 g/mol. The summed E-state index contributed by atoms with van der Waals surface area (Å²) in [7, 11) is 1.76. The van der Waals surface area contributed by atoms with E-state index in [-0.39, 0.29) is 24.8 Å². The molecule has 1 aromatic heterocycles. The standard InChI is InChI=1S/C21H21N5O2/c1-26-17-10-6-5-9-16(17)21(20(26)28,11-15-7-3-2-4-8-15)12-19(27)22-13-18-23-14-24-25-18/h2-10,14H,11-13H2,1H3,(H,22,27)(H,23,24,25). The molecule has 1 aliphatic rings. The Kier molecular flexibility index (Phi) is 4.65. The first-order valence-electron chi connectivity index (χ1n) is 9.13. The lowest BCUT2D eigenvalue weighted by Gasteiger charge is -2.28. The molecular weight excluding hydrogens is 354 g/mol. The number of para-hydroxylation sites is 1. The second-order valence-electron chi connectivity index (χ2n) is 7.01. The van der Waals surface area contributed by atoms with Crippen LogP contribution in [-0.4, -0.2) is 34.0 Å². The highest BCUT2D eigenvalue weighted by molar-refractivity contribution is 6.09. The summed E-state index contributed by atoms with van der Waals surface area (Å²) in [5.74, 6) is 0.305. The molecule has 4 rings (SSSR count). The molecule has 0 saturated heterocycles. The van der Waals surface area contributed by atoms with Crippen molar-refractivity contribution in [3.8, 4) is 0 Å². The molecule has 0 spiro atoms. The SMILES string of the molecule is CN1C(=O)C(CC(=O)NCc2ncn[nH]2)(Cc2ccccc2)c2ccccc21. The van der Waals surface area contributed by atoms with E-state index < -0.39 is 5.41 Å². The van der Waals surface area contributed by atoms with Crippen molar-refractivity contribution in [2.75, 3.05) is 11.9 Å². The average Bonchev–Trinajstić information content (AvgIpc) is 3.31. The van der Waals surface area contributed by atoms with Gasteiger partial charge in [0.05, 0.1) is 12.0 Å². The predicted octanol–water partition coefficient (Wildman–Crippen LogP) is 1.97. The monoisotopic (exact) mass is 375 g/mol.